The first-order chi connectivity index (χ1) is 8.81. The Kier molecular flexibility index (Phi) is 4.94. The molecule has 1 atom stereocenters. The lowest BCUT2D eigenvalue weighted by Gasteiger charge is -2.18. The van der Waals surface area contributed by atoms with Gasteiger partial charge in [0, 0.05) is 24.2 Å². The number of nitrogens with one attached hydrogen (secondary N) is 1. The molecule has 19 heavy (non-hydrogen) atoms. The van der Waals surface area contributed by atoms with E-state index in [1.165, 1.54) is 6.07 Å². The van der Waals surface area contributed by atoms with Crippen molar-refractivity contribution in [3.05, 3.63) is 39.7 Å². The Morgan fingerprint density at radius 2 is 2.16 bits per heavy atom. The SMILES string of the molecule is CC(CN(C)C)NC(=O)c1ccc(F)c([N+](=O)[O-])c1. The van der Waals surface area contributed by atoms with E-state index in [0.29, 0.717) is 6.54 Å². The third kappa shape index (κ3) is 4.29. The quantitative estimate of drug-likeness (QED) is 0.648. The minimum absolute atomic E-state index is 0.0682. The Bertz CT molecular complexity index is 491. The number of hydrogen-bond acceptors (Lipinski definition) is 4. The molecule has 0 aliphatic rings. The van der Waals surface area contributed by atoms with E-state index in [1.807, 2.05) is 25.9 Å². The smallest absolute Gasteiger partial charge is 0.305 e. The Hall–Kier alpha value is -2.02. The lowest BCUT2D eigenvalue weighted by molar-refractivity contribution is -0.387. The number of halogens is 1. The summed E-state index contributed by atoms with van der Waals surface area (Å²) in [6, 6.07) is 2.96. The number of rotatable bonds is 5. The van der Waals surface area contributed by atoms with Gasteiger partial charge in [0.05, 0.1) is 4.92 Å². The molecule has 0 heterocycles. The number of benzene rings is 1. The second kappa shape index (κ2) is 6.24. The summed E-state index contributed by atoms with van der Waals surface area (Å²) in [7, 11) is 3.73. The summed E-state index contributed by atoms with van der Waals surface area (Å²) < 4.78 is 13.1. The van der Waals surface area contributed by atoms with Gasteiger partial charge < -0.3 is 10.2 Å². The summed E-state index contributed by atoms with van der Waals surface area (Å²) in [6.07, 6.45) is 0. The van der Waals surface area contributed by atoms with Crippen molar-refractivity contribution in [2.75, 3.05) is 20.6 Å². The fourth-order valence-corrected chi connectivity index (χ4v) is 1.69. The van der Waals surface area contributed by atoms with Crippen molar-refractivity contribution in [3.8, 4) is 0 Å². The summed E-state index contributed by atoms with van der Waals surface area (Å²) in [5, 5.41) is 13.3. The van der Waals surface area contributed by atoms with Gasteiger partial charge in [0.25, 0.3) is 5.91 Å². The highest BCUT2D eigenvalue weighted by molar-refractivity contribution is 5.95. The highest BCUT2D eigenvalue weighted by Crippen LogP contribution is 2.18. The van der Waals surface area contributed by atoms with Gasteiger partial charge in [0.1, 0.15) is 0 Å². The molecule has 7 heteroatoms. The van der Waals surface area contributed by atoms with Crippen LogP contribution in [0.2, 0.25) is 0 Å². The van der Waals surface area contributed by atoms with Crippen molar-refractivity contribution in [1.29, 1.82) is 0 Å². The van der Waals surface area contributed by atoms with Crippen molar-refractivity contribution in [2.45, 2.75) is 13.0 Å². The molecule has 0 aliphatic carbocycles. The zero-order valence-electron chi connectivity index (χ0n) is 11.0. The molecule has 1 N–H and O–H groups in total. The van der Waals surface area contributed by atoms with Gasteiger partial charge in [0.2, 0.25) is 5.82 Å². The topological polar surface area (TPSA) is 75.5 Å². The molecule has 0 spiro atoms. The minimum Gasteiger partial charge on any atom is -0.348 e. The van der Waals surface area contributed by atoms with Crippen LogP contribution < -0.4 is 5.32 Å². The lowest BCUT2D eigenvalue weighted by Crippen LogP contribution is -2.39. The fraction of sp³-hybridized carbons (Fsp3) is 0.417. The number of carbonyl (C=O) groups is 1. The number of nitrogens with zero attached hydrogens (tertiary/aromatic N) is 2. The van der Waals surface area contributed by atoms with Gasteiger partial charge in [0.15, 0.2) is 0 Å². The van der Waals surface area contributed by atoms with Gasteiger partial charge in [-0.1, -0.05) is 0 Å². The van der Waals surface area contributed by atoms with Gasteiger partial charge in [-0.25, -0.2) is 0 Å². The van der Waals surface area contributed by atoms with Crippen LogP contribution in [-0.2, 0) is 0 Å². The van der Waals surface area contributed by atoms with E-state index in [2.05, 4.69) is 5.32 Å². The van der Waals surface area contributed by atoms with Gasteiger partial charge in [-0.2, -0.15) is 4.39 Å². The highest BCUT2D eigenvalue weighted by Gasteiger charge is 2.18. The van der Waals surface area contributed by atoms with E-state index >= 15 is 0 Å². The number of likely N-dealkylation sites (N-methyl/N-ethyl adjacent to an activating group) is 1. The average molecular weight is 269 g/mol. The summed E-state index contributed by atoms with van der Waals surface area (Å²) in [5.41, 5.74) is -0.633. The number of nitro groups is 1. The van der Waals surface area contributed by atoms with Crippen LogP contribution in [0.1, 0.15) is 17.3 Å². The number of nitro benzene ring substituents is 1. The Morgan fingerprint density at radius 1 is 1.53 bits per heavy atom. The summed E-state index contributed by atoms with van der Waals surface area (Å²) >= 11 is 0. The fourth-order valence-electron chi connectivity index (χ4n) is 1.69. The largest absolute Gasteiger partial charge is 0.348 e. The molecule has 0 saturated carbocycles. The molecule has 1 aromatic carbocycles. The molecule has 6 nitrogen and oxygen atoms in total. The van der Waals surface area contributed by atoms with E-state index in [0.717, 1.165) is 12.1 Å². The zero-order chi connectivity index (χ0) is 14.6. The van der Waals surface area contributed by atoms with Crippen LogP contribution in [0, 0.1) is 15.9 Å². The second-order valence-electron chi connectivity index (χ2n) is 4.56. The van der Waals surface area contributed by atoms with Gasteiger partial charge >= 0.3 is 5.69 Å². The molecular weight excluding hydrogens is 253 g/mol. The monoisotopic (exact) mass is 269 g/mol. The summed E-state index contributed by atoms with van der Waals surface area (Å²) in [4.78, 5) is 23.5. The summed E-state index contributed by atoms with van der Waals surface area (Å²) in [5.74, 6) is -1.42. The van der Waals surface area contributed by atoms with Crippen LogP contribution in [0.25, 0.3) is 0 Å². The molecule has 1 aromatic rings. The van der Waals surface area contributed by atoms with Crippen molar-refractivity contribution in [3.63, 3.8) is 0 Å². The molecule has 104 valence electrons. The first-order valence-electron chi connectivity index (χ1n) is 5.70. The number of carbonyl (C=O) groups excluding carboxylic acids is 1. The maximum absolute atomic E-state index is 13.1. The van der Waals surface area contributed by atoms with Crippen LogP contribution in [0.5, 0.6) is 0 Å². The lowest BCUT2D eigenvalue weighted by atomic mass is 10.1. The molecule has 0 bridgehead atoms. The standard InChI is InChI=1S/C12H16FN3O3/c1-8(7-15(2)3)14-12(17)9-4-5-10(13)11(6-9)16(18)19/h4-6,8H,7H2,1-3H3,(H,14,17). The van der Waals surface area contributed by atoms with Crippen LogP contribution in [0.3, 0.4) is 0 Å². The van der Waals surface area contributed by atoms with E-state index in [4.69, 9.17) is 0 Å². The molecule has 1 rings (SSSR count). The molecule has 0 fully saturated rings. The Morgan fingerprint density at radius 3 is 2.68 bits per heavy atom. The number of hydrogen-bond donors (Lipinski definition) is 1. The highest BCUT2D eigenvalue weighted by atomic mass is 19.1. The molecule has 1 unspecified atom stereocenters. The van der Waals surface area contributed by atoms with Crippen molar-refractivity contribution in [1.82, 2.24) is 10.2 Å². The van der Waals surface area contributed by atoms with Crippen molar-refractivity contribution in [2.24, 2.45) is 0 Å². The van der Waals surface area contributed by atoms with Crippen LogP contribution in [0.15, 0.2) is 18.2 Å². The Balaban J connectivity index is 2.83. The van der Waals surface area contributed by atoms with Gasteiger partial charge in [-0.3, -0.25) is 14.9 Å². The van der Waals surface area contributed by atoms with E-state index < -0.39 is 22.3 Å². The third-order valence-corrected chi connectivity index (χ3v) is 2.42. The molecule has 1 amide bonds. The first-order valence-corrected chi connectivity index (χ1v) is 5.70. The van der Waals surface area contributed by atoms with Crippen molar-refractivity contribution < 1.29 is 14.1 Å². The second-order valence-corrected chi connectivity index (χ2v) is 4.56. The first kappa shape index (κ1) is 15.0. The van der Waals surface area contributed by atoms with E-state index in [1.54, 1.807) is 0 Å². The normalized spacial score (nSPS) is 12.3. The van der Waals surface area contributed by atoms with Crippen LogP contribution in [0.4, 0.5) is 10.1 Å². The third-order valence-electron chi connectivity index (χ3n) is 2.42. The summed E-state index contributed by atoms with van der Waals surface area (Å²) in [6.45, 7) is 2.45. The van der Waals surface area contributed by atoms with E-state index in [9.17, 15) is 19.3 Å². The maximum atomic E-state index is 13.1. The zero-order valence-corrected chi connectivity index (χ0v) is 11.0. The van der Waals surface area contributed by atoms with Gasteiger partial charge in [-0.15, -0.1) is 0 Å². The average Bonchev–Trinajstić information content (AvgIpc) is 2.27. The molecular formula is C12H16FN3O3. The molecule has 0 aromatic heterocycles. The molecule has 0 radical (unpaired) electrons. The predicted molar refractivity (Wildman–Crippen MR) is 68.5 cm³/mol. The maximum Gasteiger partial charge on any atom is 0.305 e. The minimum atomic E-state index is -0.956. The van der Waals surface area contributed by atoms with Crippen LogP contribution >= 0.6 is 0 Å². The number of amides is 1. The molecule has 0 saturated heterocycles. The van der Waals surface area contributed by atoms with Gasteiger partial charge in [-0.05, 0) is 33.2 Å². The Labute approximate surface area is 110 Å². The van der Waals surface area contributed by atoms with E-state index in [-0.39, 0.29) is 11.6 Å². The van der Waals surface area contributed by atoms with Crippen molar-refractivity contribution >= 4 is 11.6 Å². The predicted octanol–water partition coefficient (Wildman–Crippen LogP) is 1.41. The van der Waals surface area contributed by atoms with Crippen LogP contribution in [-0.4, -0.2) is 42.4 Å². The molecule has 0 aliphatic heterocycles.